The van der Waals surface area contributed by atoms with Crippen LogP contribution in [0.5, 0.6) is 5.88 Å². The zero-order chi connectivity index (χ0) is 22.5. The summed E-state index contributed by atoms with van der Waals surface area (Å²) in [7, 11) is 3.55. The number of benzene rings is 1. The number of nitrogens with one attached hydrogen (secondary N) is 1. The van der Waals surface area contributed by atoms with Crippen LogP contribution in [0.1, 0.15) is 16.2 Å². The van der Waals surface area contributed by atoms with E-state index in [1.807, 2.05) is 48.1 Å². The fourth-order valence-electron chi connectivity index (χ4n) is 3.52. The van der Waals surface area contributed by atoms with Crippen LogP contribution in [0.3, 0.4) is 0 Å². The normalized spacial score (nSPS) is 13.8. The number of hydrogen-bond donors (Lipinski definition) is 1. The van der Waals surface area contributed by atoms with Crippen LogP contribution >= 0.6 is 0 Å². The molecule has 0 saturated carbocycles. The number of hydrogen-bond acceptors (Lipinski definition) is 6. The number of aromatic nitrogens is 4. The van der Waals surface area contributed by atoms with Crippen molar-refractivity contribution < 1.29 is 19.1 Å². The van der Waals surface area contributed by atoms with Gasteiger partial charge >= 0.3 is 6.09 Å². The predicted molar refractivity (Wildman–Crippen MR) is 116 cm³/mol. The minimum atomic E-state index is -0.651. The lowest BCUT2D eigenvalue weighted by Crippen LogP contribution is -2.41. The van der Waals surface area contributed by atoms with Gasteiger partial charge in [-0.05, 0) is 0 Å². The molecule has 2 amide bonds. The summed E-state index contributed by atoms with van der Waals surface area (Å²) in [5.74, 6) is 0.723. The maximum atomic E-state index is 12.8. The first-order valence-electron chi connectivity index (χ1n) is 10.5. The fourth-order valence-corrected chi connectivity index (χ4v) is 3.52. The molecular weight excluding hydrogens is 412 g/mol. The van der Waals surface area contributed by atoms with E-state index in [9.17, 15) is 9.59 Å². The second-order valence-corrected chi connectivity index (χ2v) is 7.48. The van der Waals surface area contributed by atoms with Gasteiger partial charge in [-0.3, -0.25) is 4.79 Å². The molecule has 3 heterocycles. The molecule has 0 spiro atoms. The second-order valence-electron chi connectivity index (χ2n) is 7.48. The van der Waals surface area contributed by atoms with Crippen molar-refractivity contribution in [1.29, 1.82) is 0 Å². The SMILES string of the molecule is Cn1cc(-c2ccccc2)nc1CCNC(=O)Oc1c(C(=O)N2CCOCC2)cnn1C. The molecule has 10 nitrogen and oxygen atoms in total. The van der Waals surface area contributed by atoms with Gasteiger partial charge in [0.15, 0.2) is 0 Å². The van der Waals surface area contributed by atoms with Gasteiger partial charge in [-0.15, -0.1) is 0 Å². The molecule has 3 aromatic rings. The van der Waals surface area contributed by atoms with Crippen LogP contribution in [0.25, 0.3) is 11.3 Å². The van der Waals surface area contributed by atoms with Gasteiger partial charge < -0.3 is 24.3 Å². The van der Waals surface area contributed by atoms with Crippen LogP contribution in [0.15, 0.2) is 42.7 Å². The number of aryl methyl sites for hydroxylation is 2. The molecule has 0 aliphatic carbocycles. The molecule has 1 fully saturated rings. The van der Waals surface area contributed by atoms with Crippen molar-refractivity contribution >= 4 is 12.0 Å². The first-order chi connectivity index (χ1) is 15.5. The zero-order valence-electron chi connectivity index (χ0n) is 18.2. The maximum absolute atomic E-state index is 12.8. The minimum absolute atomic E-state index is 0.113. The smallest absolute Gasteiger partial charge is 0.391 e. The molecule has 1 saturated heterocycles. The van der Waals surface area contributed by atoms with Crippen LogP contribution in [-0.2, 0) is 25.3 Å². The van der Waals surface area contributed by atoms with Crippen molar-refractivity contribution in [2.24, 2.45) is 14.1 Å². The average Bonchev–Trinajstić information content (AvgIpc) is 3.37. The summed E-state index contributed by atoms with van der Waals surface area (Å²) in [5, 5.41) is 6.79. The van der Waals surface area contributed by atoms with E-state index in [1.165, 1.54) is 10.9 Å². The van der Waals surface area contributed by atoms with Crippen molar-refractivity contribution in [3.63, 3.8) is 0 Å². The Morgan fingerprint density at radius 2 is 1.91 bits per heavy atom. The molecule has 4 rings (SSSR count). The zero-order valence-corrected chi connectivity index (χ0v) is 18.2. The van der Waals surface area contributed by atoms with E-state index in [0.717, 1.165) is 17.1 Å². The Hall–Kier alpha value is -3.66. The van der Waals surface area contributed by atoms with Crippen molar-refractivity contribution in [3.8, 4) is 17.1 Å². The number of carbonyl (C=O) groups is 2. The number of nitrogens with zero attached hydrogens (tertiary/aromatic N) is 5. The highest BCUT2D eigenvalue weighted by atomic mass is 16.6. The largest absolute Gasteiger partial charge is 0.413 e. The second kappa shape index (κ2) is 9.65. The first-order valence-corrected chi connectivity index (χ1v) is 10.5. The van der Waals surface area contributed by atoms with E-state index < -0.39 is 6.09 Å². The van der Waals surface area contributed by atoms with Gasteiger partial charge in [0.1, 0.15) is 11.4 Å². The Morgan fingerprint density at radius 3 is 2.66 bits per heavy atom. The average molecular weight is 438 g/mol. The quantitative estimate of drug-likeness (QED) is 0.627. The number of rotatable bonds is 6. The molecule has 1 N–H and O–H groups in total. The highest BCUT2D eigenvalue weighted by Gasteiger charge is 2.26. The molecule has 32 heavy (non-hydrogen) atoms. The van der Waals surface area contributed by atoms with Crippen molar-refractivity contribution in [2.75, 3.05) is 32.8 Å². The number of ether oxygens (including phenoxy) is 2. The molecule has 1 aliphatic rings. The molecule has 2 aromatic heterocycles. The minimum Gasteiger partial charge on any atom is -0.391 e. The lowest BCUT2D eigenvalue weighted by Gasteiger charge is -2.26. The van der Waals surface area contributed by atoms with Gasteiger partial charge in [-0.2, -0.15) is 5.10 Å². The number of morpholine rings is 1. The van der Waals surface area contributed by atoms with Crippen LogP contribution in [0.4, 0.5) is 4.79 Å². The third-order valence-corrected chi connectivity index (χ3v) is 5.26. The van der Waals surface area contributed by atoms with E-state index in [0.29, 0.717) is 39.3 Å². The Labute approximate surface area is 185 Å². The molecule has 168 valence electrons. The molecule has 0 radical (unpaired) electrons. The Kier molecular flexibility index (Phi) is 6.50. The van der Waals surface area contributed by atoms with Gasteiger partial charge in [0.25, 0.3) is 5.91 Å². The van der Waals surface area contributed by atoms with Crippen LogP contribution in [0, 0.1) is 0 Å². The summed E-state index contributed by atoms with van der Waals surface area (Å²) >= 11 is 0. The van der Waals surface area contributed by atoms with E-state index >= 15 is 0 Å². The summed E-state index contributed by atoms with van der Waals surface area (Å²) < 4.78 is 14.0. The van der Waals surface area contributed by atoms with E-state index in [2.05, 4.69) is 15.4 Å². The van der Waals surface area contributed by atoms with Gasteiger partial charge in [-0.25, -0.2) is 14.5 Å². The van der Waals surface area contributed by atoms with Gasteiger partial charge in [0, 0.05) is 51.9 Å². The number of carbonyl (C=O) groups excluding carboxylic acids is 2. The third kappa shape index (κ3) is 4.80. The Morgan fingerprint density at radius 1 is 1.16 bits per heavy atom. The monoisotopic (exact) mass is 438 g/mol. The first kappa shape index (κ1) is 21.6. The summed E-state index contributed by atoms with van der Waals surface area (Å²) in [5.41, 5.74) is 2.17. The maximum Gasteiger partial charge on any atom is 0.413 e. The van der Waals surface area contributed by atoms with Crippen molar-refractivity contribution in [2.45, 2.75) is 6.42 Å². The van der Waals surface area contributed by atoms with Crippen molar-refractivity contribution in [3.05, 3.63) is 54.1 Å². The summed E-state index contributed by atoms with van der Waals surface area (Å²) in [4.78, 5) is 31.5. The summed E-state index contributed by atoms with van der Waals surface area (Å²) in [6.07, 6.45) is 3.26. The van der Waals surface area contributed by atoms with Gasteiger partial charge in [-0.1, -0.05) is 30.3 Å². The lowest BCUT2D eigenvalue weighted by atomic mass is 10.2. The van der Waals surface area contributed by atoms with Crippen LogP contribution in [0.2, 0.25) is 0 Å². The van der Waals surface area contributed by atoms with E-state index in [4.69, 9.17) is 9.47 Å². The molecule has 1 aromatic carbocycles. The molecule has 10 heteroatoms. The van der Waals surface area contributed by atoms with Gasteiger partial charge in [0.05, 0.1) is 25.1 Å². The highest BCUT2D eigenvalue weighted by Crippen LogP contribution is 2.20. The van der Waals surface area contributed by atoms with Crippen LogP contribution in [-0.4, -0.2) is 69.1 Å². The van der Waals surface area contributed by atoms with E-state index in [1.54, 1.807) is 11.9 Å². The van der Waals surface area contributed by atoms with Gasteiger partial charge in [0.2, 0.25) is 5.88 Å². The standard InChI is InChI=1S/C22H26N6O4/c1-26-15-18(16-6-4-3-5-7-16)25-19(26)8-9-23-22(30)32-21-17(14-24-27(21)2)20(29)28-10-12-31-13-11-28/h3-7,14-15H,8-13H2,1-2H3,(H,23,30). The molecule has 0 unspecified atom stereocenters. The molecule has 1 aliphatic heterocycles. The summed E-state index contributed by atoms with van der Waals surface area (Å²) in [6.45, 7) is 2.30. The van der Waals surface area contributed by atoms with E-state index in [-0.39, 0.29) is 17.4 Å². The molecule has 0 bridgehead atoms. The number of amides is 2. The highest BCUT2D eigenvalue weighted by molar-refractivity contribution is 5.97. The third-order valence-electron chi connectivity index (χ3n) is 5.26. The lowest BCUT2D eigenvalue weighted by molar-refractivity contribution is 0.0301. The Bertz CT molecular complexity index is 1090. The molecule has 0 atom stereocenters. The number of imidazole rings is 1. The van der Waals surface area contributed by atoms with Crippen LogP contribution < -0.4 is 10.1 Å². The summed E-state index contributed by atoms with van der Waals surface area (Å²) in [6, 6.07) is 9.91. The topological polar surface area (TPSA) is 104 Å². The van der Waals surface area contributed by atoms with Crippen molar-refractivity contribution in [1.82, 2.24) is 29.5 Å². The predicted octanol–water partition coefficient (Wildman–Crippen LogP) is 1.62. The fraction of sp³-hybridized carbons (Fsp3) is 0.364. The molecular formula is C22H26N6O4. The Balaban J connectivity index is 1.34.